The highest BCUT2D eigenvalue weighted by Gasteiger charge is 2.43. The van der Waals surface area contributed by atoms with Crippen molar-refractivity contribution in [3.05, 3.63) is 65.4 Å². The van der Waals surface area contributed by atoms with Crippen molar-refractivity contribution in [2.45, 2.75) is 70.6 Å². The van der Waals surface area contributed by atoms with Crippen LogP contribution in [0.3, 0.4) is 0 Å². The van der Waals surface area contributed by atoms with Crippen molar-refractivity contribution in [2.24, 2.45) is 0 Å². The summed E-state index contributed by atoms with van der Waals surface area (Å²) < 4.78 is 37.7. The third-order valence-corrected chi connectivity index (χ3v) is 7.17. The van der Waals surface area contributed by atoms with Crippen molar-refractivity contribution in [2.75, 3.05) is 18.5 Å². The maximum atomic E-state index is 13.4. The number of pyridine rings is 1. The predicted octanol–water partition coefficient (Wildman–Crippen LogP) is 5.22. The number of nitrogens with one attached hydrogen (secondary N) is 1. The topological polar surface area (TPSA) is 113 Å². The van der Waals surface area contributed by atoms with Gasteiger partial charge < -0.3 is 24.1 Å². The average molecular weight is 550 g/mol. The third kappa shape index (κ3) is 5.91. The van der Waals surface area contributed by atoms with E-state index in [1.54, 1.807) is 16.7 Å². The van der Waals surface area contributed by atoms with Gasteiger partial charge in [0, 0.05) is 24.1 Å². The van der Waals surface area contributed by atoms with Crippen LogP contribution < -0.4 is 5.32 Å². The molecule has 0 bridgehead atoms. The lowest BCUT2D eigenvalue weighted by molar-refractivity contribution is -0.194. The Bertz CT molecular complexity index is 1500. The van der Waals surface area contributed by atoms with Crippen LogP contribution >= 0.6 is 0 Å². The summed E-state index contributed by atoms with van der Waals surface area (Å²) in [5.74, 6) is 0.0465. The number of alkyl halides is 1. The number of hydrogen-bond acceptors (Lipinski definition) is 8. The highest BCUT2D eigenvalue weighted by molar-refractivity contribution is 6.04. The van der Waals surface area contributed by atoms with E-state index >= 15 is 0 Å². The van der Waals surface area contributed by atoms with Gasteiger partial charge in [-0.2, -0.15) is 4.98 Å². The number of rotatable bonds is 10. The number of benzene rings is 1. The van der Waals surface area contributed by atoms with Crippen molar-refractivity contribution >= 4 is 17.2 Å². The van der Waals surface area contributed by atoms with Crippen molar-refractivity contribution in [3.63, 3.8) is 0 Å². The number of imidazole rings is 1. The fraction of sp³-hybridized carbons (Fsp3) is 0.448. The van der Waals surface area contributed by atoms with Crippen molar-refractivity contribution < 1.29 is 27.9 Å². The van der Waals surface area contributed by atoms with Crippen LogP contribution in [0.25, 0.3) is 17.0 Å². The van der Waals surface area contributed by atoms with Crippen LogP contribution in [-0.4, -0.2) is 57.2 Å². The van der Waals surface area contributed by atoms with Crippen LogP contribution in [0, 0.1) is 6.92 Å². The quantitative estimate of drug-likeness (QED) is 0.287. The lowest BCUT2D eigenvalue weighted by Gasteiger charge is -2.25. The molecular formula is C29H32FN5O5. The minimum absolute atomic E-state index is 0.0710. The molecule has 1 aliphatic heterocycles. The Kier molecular flexibility index (Phi) is 7.59. The molecular weight excluding hydrogens is 517 g/mol. The van der Waals surface area contributed by atoms with E-state index in [9.17, 15) is 9.18 Å². The molecule has 0 spiro atoms. The van der Waals surface area contributed by atoms with Crippen molar-refractivity contribution in [1.29, 1.82) is 0 Å². The van der Waals surface area contributed by atoms with Gasteiger partial charge in [0.15, 0.2) is 6.29 Å². The Morgan fingerprint density at radius 2 is 2.15 bits per heavy atom. The molecule has 1 aliphatic carbocycles. The maximum absolute atomic E-state index is 13.4. The zero-order chi connectivity index (χ0) is 27.6. The summed E-state index contributed by atoms with van der Waals surface area (Å²) >= 11 is 0. The number of carbonyl (C=O) groups is 1. The number of aryl methyl sites for hydroxylation is 1. The molecule has 11 heteroatoms. The Balaban J connectivity index is 1.08. The molecule has 1 saturated carbocycles. The summed E-state index contributed by atoms with van der Waals surface area (Å²) in [7, 11) is 0. The predicted molar refractivity (Wildman–Crippen MR) is 144 cm³/mol. The minimum atomic E-state index is -0.917. The number of aromatic nitrogens is 4. The second-order valence-electron chi connectivity index (χ2n) is 10.5. The number of anilines is 1. The number of fused-ring (bicyclic) bond motifs is 1. The van der Waals surface area contributed by atoms with Crippen LogP contribution in [0.15, 0.2) is 47.2 Å². The van der Waals surface area contributed by atoms with E-state index in [1.165, 1.54) is 0 Å². The fourth-order valence-corrected chi connectivity index (χ4v) is 4.74. The van der Waals surface area contributed by atoms with E-state index in [-0.39, 0.29) is 24.2 Å². The van der Waals surface area contributed by atoms with Crippen LogP contribution in [0.1, 0.15) is 66.0 Å². The third-order valence-electron chi connectivity index (χ3n) is 7.17. The molecule has 1 aromatic carbocycles. The summed E-state index contributed by atoms with van der Waals surface area (Å²) in [5.41, 5.74) is 4.13. The highest BCUT2D eigenvalue weighted by Crippen LogP contribution is 2.43. The van der Waals surface area contributed by atoms with Crippen LogP contribution in [0.5, 0.6) is 0 Å². The van der Waals surface area contributed by atoms with Gasteiger partial charge in [0.1, 0.15) is 17.5 Å². The van der Waals surface area contributed by atoms with E-state index in [0.29, 0.717) is 53.9 Å². The lowest BCUT2D eigenvalue weighted by Crippen LogP contribution is -2.28. The number of amides is 1. The summed E-state index contributed by atoms with van der Waals surface area (Å²) in [6.45, 7) is 5.48. The second-order valence-corrected chi connectivity index (χ2v) is 10.5. The fourth-order valence-electron chi connectivity index (χ4n) is 4.74. The Morgan fingerprint density at radius 3 is 2.95 bits per heavy atom. The molecule has 2 fully saturated rings. The molecule has 0 radical (unpaired) electrons. The van der Waals surface area contributed by atoms with Gasteiger partial charge in [0.2, 0.25) is 11.7 Å². The van der Waals surface area contributed by atoms with Crippen LogP contribution in [-0.2, 0) is 20.8 Å². The molecule has 10 nitrogen and oxygen atoms in total. The maximum Gasteiger partial charge on any atom is 0.274 e. The zero-order valence-electron chi connectivity index (χ0n) is 22.5. The lowest BCUT2D eigenvalue weighted by atomic mass is 10.1. The summed E-state index contributed by atoms with van der Waals surface area (Å²) in [6, 6.07) is 9.29. The molecule has 2 aliphatic rings. The Hall–Kier alpha value is -3.67. The monoisotopic (exact) mass is 549 g/mol. The average Bonchev–Trinajstić information content (AvgIpc) is 3.32. The Morgan fingerprint density at radius 1 is 1.27 bits per heavy atom. The number of halogens is 1. The molecule has 3 aromatic heterocycles. The van der Waals surface area contributed by atoms with E-state index in [2.05, 4.69) is 20.4 Å². The first-order valence-corrected chi connectivity index (χ1v) is 13.7. The van der Waals surface area contributed by atoms with Gasteiger partial charge in [0.25, 0.3) is 5.91 Å². The molecule has 1 N–H and O–H groups in total. The number of nitrogens with zero attached hydrogens (tertiary/aromatic N) is 4. The molecule has 2 unspecified atom stereocenters. The van der Waals surface area contributed by atoms with Gasteiger partial charge in [-0.15, -0.1) is 0 Å². The molecule has 1 saturated heterocycles. The highest BCUT2D eigenvalue weighted by atomic mass is 19.1. The summed E-state index contributed by atoms with van der Waals surface area (Å²) in [5, 5.41) is 6.95. The first kappa shape index (κ1) is 26.5. The standard InChI is InChI=1S/C29H32FN5O5/c1-17-6-7-20(27-33-29(40-34-27)21-13-22(21)30)12-23(17)32-28(36)24-14-31-25-11-19(8-9-35(24)25)16-37-15-18(2)39-26-5-3-4-10-38-26/h6-9,11-12,14,18,21-22,26H,3-5,10,13,15-16H2,1-2H3,(H,32,36)/t18?,21-,22-,26?/m0/s1. The van der Waals surface area contributed by atoms with E-state index in [1.807, 2.05) is 44.3 Å². The van der Waals surface area contributed by atoms with Gasteiger partial charge in [0.05, 0.1) is 31.4 Å². The van der Waals surface area contributed by atoms with Gasteiger partial charge >= 0.3 is 0 Å². The largest absolute Gasteiger partial charge is 0.374 e. The molecule has 1 amide bonds. The number of ether oxygens (including phenoxy) is 3. The summed E-state index contributed by atoms with van der Waals surface area (Å²) in [6.07, 6.45) is 5.77. The first-order valence-electron chi connectivity index (χ1n) is 13.7. The smallest absolute Gasteiger partial charge is 0.274 e. The SMILES string of the molecule is Cc1ccc(-c2noc([C@H]3C[C@@H]3F)n2)cc1NC(=O)c1cnc2cc(COCC(C)OC3CCCCO3)ccn12. The molecule has 4 aromatic rings. The molecule has 40 heavy (non-hydrogen) atoms. The molecule has 4 heterocycles. The van der Waals surface area contributed by atoms with Crippen molar-refractivity contribution in [1.82, 2.24) is 19.5 Å². The van der Waals surface area contributed by atoms with Gasteiger partial charge in [-0.3, -0.25) is 9.20 Å². The van der Waals surface area contributed by atoms with E-state index in [0.717, 1.165) is 37.0 Å². The van der Waals surface area contributed by atoms with Crippen LogP contribution in [0.4, 0.5) is 10.1 Å². The second kappa shape index (κ2) is 11.4. The minimum Gasteiger partial charge on any atom is -0.374 e. The first-order chi connectivity index (χ1) is 19.4. The summed E-state index contributed by atoms with van der Waals surface area (Å²) in [4.78, 5) is 22.0. The van der Waals surface area contributed by atoms with E-state index in [4.69, 9.17) is 18.7 Å². The molecule has 4 atom stereocenters. The molecule has 210 valence electrons. The van der Waals surface area contributed by atoms with Crippen LogP contribution in [0.2, 0.25) is 0 Å². The normalized spacial score (nSPS) is 21.4. The number of hydrogen-bond donors (Lipinski definition) is 1. The van der Waals surface area contributed by atoms with Gasteiger partial charge in [-0.25, -0.2) is 9.37 Å². The van der Waals surface area contributed by atoms with Crippen molar-refractivity contribution in [3.8, 4) is 11.4 Å². The number of carbonyl (C=O) groups excluding carboxylic acids is 1. The van der Waals surface area contributed by atoms with Gasteiger partial charge in [-0.1, -0.05) is 17.3 Å². The Labute approximate surface area is 230 Å². The zero-order valence-corrected chi connectivity index (χ0v) is 22.5. The van der Waals surface area contributed by atoms with Gasteiger partial charge in [-0.05, 0) is 68.9 Å². The molecule has 6 rings (SSSR count). The van der Waals surface area contributed by atoms with E-state index < -0.39 is 6.17 Å².